The SMILES string of the molecule is CCOC(=O)C1CCN(C(=NC)NCC2CCN(c3ccccc3OC)C2)CC1. The summed E-state index contributed by atoms with van der Waals surface area (Å²) in [5, 5.41) is 3.55. The number of hydrogen-bond acceptors (Lipinski definition) is 5. The molecule has 1 unspecified atom stereocenters. The number of anilines is 1. The molecule has 1 aromatic rings. The number of rotatable bonds is 6. The molecule has 2 aliphatic heterocycles. The Morgan fingerprint density at radius 1 is 1.21 bits per heavy atom. The van der Waals surface area contributed by atoms with E-state index in [2.05, 4.69) is 32.2 Å². The number of piperidine rings is 1. The summed E-state index contributed by atoms with van der Waals surface area (Å²) in [7, 11) is 3.55. The number of ether oxygens (including phenoxy) is 2. The maximum Gasteiger partial charge on any atom is 0.309 e. The molecule has 0 radical (unpaired) electrons. The highest BCUT2D eigenvalue weighted by atomic mass is 16.5. The van der Waals surface area contributed by atoms with Crippen LogP contribution >= 0.6 is 0 Å². The molecule has 0 saturated carbocycles. The van der Waals surface area contributed by atoms with Crippen molar-refractivity contribution in [2.75, 3.05) is 58.4 Å². The van der Waals surface area contributed by atoms with Crippen LogP contribution in [0.3, 0.4) is 0 Å². The Kier molecular flexibility index (Phi) is 7.61. The Hall–Kier alpha value is -2.44. The van der Waals surface area contributed by atoms with E-state index < -0.39 is 0 Å². The summed E-state index contributed by atoms with van der Waals surface area (Å²) in [6.45, 7) is 6.93. The quantitative estimate of drug-likeness (QED) is 0.448. The molecule has 0 spiro atoms. The first kappa shape index (κ1) is 21.3. The molecule has 1 N–H and O–H groups in total. The zero-order chi connectivity index (χ0) is 20.6. The van der Waals surface area contributed by atoms with Crippen LogP contribution < -0.4 is 15.0 Å². The van der Waals surface area contributed by atoms with E-state index in [9.17, 15) is 4.79 Å². The lowest BCUT2D eigenvalue weighted by Crippen LogP contribution is -2.47. The highest BCUT2D eigenvalue weighted by molar-refractivity contribution is 5.80. The minimum atomic E-state index is -0.0579. The van der Waals surface area contributed by atoms with Crippen molar-refractivity contribution in [3.8, 4) is 5.75 Å². The van der Waals surface area contributed by atoms with E-state index >= 15 is 0 Å². The summed E-state index contributed by atoms with van der Waals surface area (Å²) < 4.78 is 10.7. The number of guanidine groups is 1. The average Bonchev–Trinajstić information content (AvgIpc) is 3.23. The Balaban J connectivity index is 1.47. The number of carbonyl (C=O) groups is 1. The molecule has 0 bridgehead atoms. The molecule has 160 valence electrons. The normalized spacial score (nSPS) is 20.7. The fraction of sp³-hybridized carbons (Fsp3) is 0.636. The number of benzene rings is 1. The van der Waals surface area contributed by atoms with Crippen LogP contribution in [-0.2, 0) is 9.53 Å². The predicted molar refractivity (Wildman–Crippen MR) is 116 cm³/mol. The average molecular weight is 403 g/mol. The van der Waals surface area contributed by atoms with Crippen LogP contribution in [0.5, 0.6) is 5.75 Å². The van der Waals surface area contributed by atoms with Crippen molar-refractivity contribution >= 4 is 17.6 Å². The van der Waals surface area contributed by atoms with Gasteiger partial charge in [0.05, 0.1) is 25.3 Å². The lowest BCUT2D eigenvalue weighted by molar-refractivity contribution is -0.149. The van der Waals surface area contributed by atoms with Gasteiger partial charge in [0.2, 0.25) is 0 Å². The molecule has 2 fully saturated rings. The van der Waals surface area contributed by atoms with Gasteiger partial charge in [-0.2, -0.15) is 0 Å². The Bertz CT molecular complexity index is 701. The van der Waals surface area contributed by atoms with Gasteiger partial charge < -0.3 is 24.6 Å². The molecule has 29 heavy (non-hydrogen) atoms. The van der Waals surface area contributed by atoms with Crippen molar-refractivity contribution in [1.29, 1.82) is 0 Å². The molecule has 2 saturated heterocycles. The number of esters is 1. The lowest BCUT2D eigenvalue weighted by atomic mass is 9.97. The number of likely N-dealkylation sites (tertiary alicyclic amines) is 1. The molecule has 1 aromatic carbocycles. The first-order chi connectivity index (χ1) is 14.2. The van der Waals surface area contributed by atoms with Crippen LogP contribution in [0.4, 0.5) is 5.69 Å². The Morgan fingerprint density at radius 2 is 1.97 bits per heavy atom. The van der Waals surface area contributed by atoms with Gasteiger partial charge in [-0.3, -0.25) is 9.79 Å². The van der Waals surface area contributed by atoms with Gasteiger partial charge in [-0.15, -0.1) is 0 Å². The number of aliphatic imine (C=N–C) groups is 1. The van der Waals surface area contributed by atoms with Crippen LogP contribution in [-0.4, -0.2) is 70.3 Å². The van der Waals surface area contributed by atoms with E-state index in [1.54, 1.807) is 7.11 Å². The second kappa shape index (κ2) is 10.4. The third-order valence-electron chi connectivity index (χ3n) is 5.89. The molecule has 0 aromatic heterocycles. The van der Waals surface area contributed by atoms with Crippen molar-refractivity contribution in [1.82, 2.24) is 10.2 Å². The summed E-state index contributed by atoms with van der Waals surface area (Å²) in [6.07, 6.45) is 2.79. The Morgan fingerprint density at radius 3 is 2.66 bits per heavy atom. The fourth-order valence-electron chi connectivity index (χ4n) is 4.26. The van der Waals surface area contributed by atoms with Crippen LogP contribution in [0, 0.1) is 11.8 Å². The molecule has 0 amide bonds. The largest absolute Gasteiger partial charge is 0.495 e. The zero-order valence-corrected chi connectivity index (χ0v) is 17.9. The third kappa shape index (κ3) is 5.34. The van der Waals surface area contributed by atoms with E-state index in [-0.39, 0.29) is 11.9 Å². The standard InChI is InChI=1S/C22H34N4O3/c1-4-29-21(27)18-10-13-25(14-11-18)22(23-2)24-15-17-9-12-26(16-17)19-7-5-6-8-20(19)28-3/h5-8,17-18H,4,9-16H2,1-3H3,(H,23,24). The summed E-state index contributed by atoms with van der Waals surface area (Å²) >= 11 is 0. The summed E-state index contributed by atoms with van der Waals surface area (Å²) in [6, 6.07) is 8.21. The second-order valence-corrected chi connectivity index (χ2v) is 7.71. The minimum Gasteiger partial charge on any atom is -0.495 e. The van der Waals surface area contributed by atoms with E-state index in [0.29, 0.717) is 12.5 Å². The van der Waals surface area contributed by atoms with Crippen LogP contribution in [0.15, 0.2) is 29.3 Å². The monoisotopic (exact) mass is 402 g/mol. The smallest absolute Gasteiger partial charge is 0.309 e. The van der Waals surface area contributed by atoms with Crippen LogP contribution in [0.1, 0.15) is 26.2 Å². The van der Waals surface area contributed by atoms with E-state index in [1.165, 1.54) is 5.69 Å². The molecule has 7 nitrogen and oxygen atoms in total. The highest BCUT2D eigenvalue weighted by Crippen LogP contribution is 2.31. The lowest BCUT2D eigenvalue weighted by Gasteiger charge is -2.33. The van der Waals surface area contributed by atoms with Crippen molar-refractivity contribution in [3.05, 3.63) is 24.3 Å². The molecule has 1 atom stereocenters. The van der Waals surface area contributed by atoms with Gasteiger partial charge in [0.15, 0.2) is 5.96 Å². The van der Waals surface area contributed by atoms with Crippen molar-refractivity contribution in [2.24, 2.45) is 16.8 Å². The first-order valence-corrected chi connectivity index (χ1v) is 10.7. The van der Waals surface area contributed by atoms with Gasteiger partial charge in [0.25, 0.3) is 0 Å². The predicted octanol–water partition coefficient (Wildman–Crippen LogP) is 2.37. The van der Waals surface area contributed by atoms with E-state index in [1.807, 2.05) is 26.1 Å². The maximum absolute atomic E-state index is 11.9. The van der Waals surface area contributed by atoms with Gasteiger partial charge in [-0.25, -0.2) is 0 Å². The maximum atomic E-state index is 11.9. The molecule has 0 aliphatic carbocycles. The fourth-order valence-corrected chi connectivity index (χ4v) is 4.26. The van der Waals surface area contributed by atoms with Gasteiger partial charge in [-0.05, 0) is 44.2 Å². The molecule has 2 heterocycles. The number of para-hydroxylation sites is 2. The number of carbonyl (C=O) groups excluding carboxylic acids is 1. The summed E-state index contributed by atoms with van der Waals surface area (Å²) in [5.41, 5.74) is 1.17. The van der Waals surface area contributed by atoms with E-state index in [0.717, 1.165) is 63.7 Å². The number of nitrogens with zero attached hydrogens (tertiary/aromatic N) is 3. The number of hydrogen-bond donors (Lipinski definition) is 1. The summed E-state index contributed by atoms with van der Waals surface area (Å²) in [4.78, 5) is 21.1. The molecular weight excluding hydrogens is 368 g/mol. The topological polar surface area (TPSA) is 66.4 Å². The molecule has 7 heteroatoms. The first-order valence-electron chi connectivity index (χ1n) is 10.7. The van der Waals surface area contributed by atoms with Gasteiger partial charge in [0.1, 0.15) is 5.75 Å². The highest BCUT2D eigenvalue weighted by Gasteiger charge is 2.28. The summed E-state index contributed by atoms with van der Waals surface area (Å²) in [5.74, 6) is 2.39. The zero-order valence-electron chi connectivity index (χ0n) is 17.9. The van der Waals surface area contributed by atoms with Crippen molar-refractivity contribution < 1.29 is 14.3 Å². The van der Waals surface area contributed by atoms with Crippen LogP contribution in [0.25, 0.3) is 0 Å². The second-order valence-electron chi connectivity index (χ2n) is 7.71. The van der Waals surface area contributed by atoms with Gasteiger partial charge >= 0.3 is 5.97 Å². The Labute approximate surface area is 174 Å². The minimum absolute atomic E-state index is 0.0218. The van der Waals surface area contributed by atoms with Crippen LogP contribution in [0.2, 0.25) is 0 Å². The van der Waals surface area contributed by atoms with Gasteiger partial charge in [0, 0.05) is 39.8 Å². The van der Waals surface area contributed by atoms with Crippen molar-refractivity contribution in [3.63, 3.8) is 0 Å². The molecule has 3 rings (SSSR count). The molecule has 2 aliphatic rings. The molecular formula is C22H34N4O3. The van der Waals surface area contributed by atoms with E-state index in [4.69, 9.17) is 9.47 Å². The van der Waals surface area contributed by atoms with Crippen molar-refractivity contribution in [2.45, 2.75) is 26.2 Å². The third-order valence-corrected chi connectivity index (χ3v) is 5.89. The number of methoxy groups -OCH3 is 1. The van der Waals surface area contributed by atoms with Gasteiger partial charge in [-0.1, -0.05) is 12.1 Å². The number of nitrogens with one attached hydrogen (secondary N) is 1.